The summed E-state index contributed by atoms with van der Waals surface area (Å²) in [6.07, 6.45) is 5.12. The van der Waals surface area contributed by atoms with Gasteiger partial charge in [0.2, 0.25) is 0 Å². The van der Waals surface area contributed by atoms with Crippen LogP contribution in [0.2, 0.25) is 0 Å². The lowest BCUT2D eigenvalue weighted by Gasteiger charge is -2.19. The minimum Gasteiger partial charge on any atom is -0.320 e. The zero-order valence-electron chi connectivity index (χ0n) is 11.3. The highest BCUT2D eigenvalue weighted by Gasteiger charge is 2.10. The summed E-state index contributed by atoms with van der Waals surface area (Å²) >= 11 is 0. The first kappa shape index (κ1) is 14.0. The summed E-state index contributed by atoms with van der Waals surface area (Å²) in [7, 11) is 0. The maximum absolute atomic E-state index is 13.6. The third kappa shape index (κ3) is 4.66. The van der Waals surface area contributed by atoms with Gasteiger partial charge in [-0.2, -0.15) is 0 Å². The van der Waals surface area contributed by atoms with E-state index in [0.717, 1.165) is 30.8 Å². The lowest BCUT2D eigenvalue weighted by Crippen LogP contribution is -2.24. The van der Waals surface area contributed by atoms with E-state index >= 15 is 0 Å². The Hall–Kier alpha value is -1.37. The molecule has 0 aromatic heterocycles. The second-order valence-corrected chi connectivity index (χ2v) is 5.04. The number of rotatable bonds is 2. The van der Waals surface area contributed by atoms with E-state index in [-0.39, 0.29) is 5.82 Å². The molecular formula is C16H21FN2. The molecule has 1 aliphatic heterocycles. The lowest BCUT2D eigenvalue weighted by molar-refractivity contribution is 0.276. The summed E-state index contributed by atoms with van der Waals surface area (Å²) in [6.45, 7) is 3.34. The van der Waals surface area contributed by atoms with Crippen LogP contribution in [0.25, 0.3) is 0 Å². The van der Waals surface area contributed by atoms with Crippen LogP contribution in [0.3, 0.4) is 0 Å². The molecule has 0 aliphatic carbocycles. The van der Waals surface area contributed by atoms with Crippen molar-refractivity contribution in [2.24, 2.45) is 5.73 Å². The van der Waals surface area contributed by atoms with Gasteiger partial charge in [0.25, 0.3) is 0 Å². The normalized spacial score (nSPS) is 16.5. The molecule has 0 amide bonds. The van der Waals surface area contributed by atoms with E-state index in [9.17, 15) is 4.39 Å². The molecule has 1 heterocycles. The Morgan fingerprint density at radius 2 is 1.84 bits per heavy atom. The molecule has 1 saturated heterocycles. The maximum atomic E-state index is 13.6. The van der Waals surface area contributed by atoms with Crippen molar-refractivity contribution in [1.29, 1.82) is 0 Å². The average Bonchev–Trinajstić information content (AvgIpc) is 2.64. The molecule has 2 nitrogen and oxygen atoms in total. The molecule has 0 radical (unpaired) electrons. The summed E-state index contributed by atoms with van der Waals surface area (Å²) in [5, 5.41) is 0. The van der Waals surface area contributed by atoms with Crippen LogP contribution in [0.5, 0.6) is 0 Å². The molecule has 0 saturated carbocycles. The van der Waals surface area contributed by atoms with E-state index in [2.05, 4.69) is 16.7 Å². The van der Waals surface area contributed by atoms with Gasteiger partial charge in [-0.25, -0.2) is 4.39 Å². The van der Waals surface area contributed by atoms with Gasteiger partial charge < -0.3 is 5.73 Å². The van der Waals surface area contributed by atoms with Gasteiger partial charge >= 0.3 is 0 Å². The molecule has 1 fully saturated rings. The zero-order chi connectivity index (χ0) is 13.5. The first-order valence-electron chi connectivity index (χ1n) is 6.99. The van der Waals surface area contributed by atoms with Crippen LogP contribution < -0.4 is 5.73 Å². The molecule has 2 N–H and O–H groups in total. The van der Waals surface area contributed by atoms with Gasteiger partial charge in [-0.05, 0) is 49.7 Å². The summed E-state index contributed by atoms with van der Waals surface area (Å²) in [5.41, 5.74) is 7.06. The fourth-order valence-electron chi connectivity index (χ4n) is 2.52. The van der Waals surface area contributed by atoms with E-state index in [4.69, 9.17) is 5.73 Å². The molecule has 0 atom stereocenters. The molecule has 2 rings (SSSR count). The standard InChI is InChI=1S/C16H21FN2/c17-16-11-14(6-5-7-18)10-15(12-16)13-19-8-3-1-2-4-9-19/h10-12H,1-4,7-9,13,18H2. The molecule has 0 unspecified atom stereocenters. The zero-order valence-corrected chi connectivity index (χ0v) is 11.3. The molecule has 3 heteroatoms. The van der Waals surface area contributed by atoms with Crippen LogP contribution in [-0.2, 0) is 6.54 Å². The van der Waals surface area contributed by atoms with Crippen molar-refractivity contribution in [2.75, 3.05) is 19.6 Å². The Bertz CT molecular complexity index is 465. The second-order valence-electron chi connectivity index (χ2n) is 5.04. The smallest absolute Gasteiger partial charge is 0.124 e. The van der Waals surface area contributed by atoms with Gasteiger partial charge in [-0.3, -0.25) is 4.90 Å². The van der Waals surface area contributed by atoms with Crippen molar-refractivity contribution in [3.05, 3.63) is 35.1 Å². The average molecular weight is 260 g/mol. The predicted octanol–water partition coefficient (Wildman–Crippen LogP) is 2.51. The predicted molar refractivity (Wildman–Crippen MR) is 76.1 cm³/mol. The summed E-state index contributed by atoms with van der Waals surface area (Å²) in [6, 6.07) is 5.05. The summed E-state index contributed by atoms with van der Waals surface area (Å²) < 4.78 is 13.6. The minimum absolute atomic E-state index is 0.214. The van der Waals surface area contributed by atoms with E-state index in [1.807, 2.05) is 6.07 Å². The van der Waals surface area contributed by atoms with Crippen molar-refractivity contribution >= 4 is 0 Å². The molecule has 0 spiro atoms. The van der Waals surface area contributed by atoms with Gasteiger partial charge in [0.1, 0.15) is 5.82 Å². The largest absolute Gasteiger partial charge is 0.320 e. The summed E-state index contributed by atoms with van der Waals surface area (Å²) in [4.78, 5) is 2.40. The highest BCUT2D eigenvalue weighted by Crippen LogP contribution is 2.15. The number of hydrogen-bond donors (Lipinski definition) is 1. The quantitative estimate of drug-likeness (QED) is 0.828. The fourth-order valence-corrected chi connectivity index (χ4v) is 2.52. The third-order valence-electron chi connectivity index (χ3n) is 3.40. The maximum Gasteiger partial charge on any atom is 0.124 e. The number of nitrogens with two attached hydrogens (primary N) is 1. The Balaban J connectivity index is 2.08. The van der Waals surface area contributed by atoms with Gasteiger partial charge in [0.05, 0.1) is 6.54 Å². The molecule has 19 heavy (non-hydrogen) atoms. The molecule has 0 bridgehead atoms. The first-order valence-corrected chi connectivity index (χ1v) is 6.99. The molecular weight excluding hydrogens is 239 g/mol. The van der Waals surface area contributed by atoms with Gasteiger partial charge in [-0.1, -0.05) is 24.7 Å². The fraction of sp³-hybridized carbons (Fsp3) is 0.500. The van der Waals surface area contributed by atoms with Crippen LogP contribution >= 0.6 is 0 Å². The first-order chi connectivity index (χ1) is 9.28. The monoisotopic (exact) mass is 260 g/mol. The SMILES string of the molecule is NCC#Cc1cc(F)cc(CN2CCCCCC2)c1. The highest BCUT2D eigenvalue weighted by atomic mass is 19.1. The van der Waals surface area contributed by atoms with E-state index in [0.29, 0.717) is 6.54 Å². The van der Waals surface area contributed by atoms with Crippen molar-refractivity contribution in [1.82, 2.24) is 4.90 Å². The topological polar surface area (TPSA) is 29.3 Å². The number of likely N-dealkylation sites (tertiary alicyclic amines) is 1. The molecule has 1 aromatic rings. The van der Waals surface area contributed by atoms with Gasteiger partial charge in [0, 0.05) is 12.1 Å². The Morgan fingerprint density at radius 3 is 2.53 bits per heavy atom. The summed E-state index contributed by atoms with van der Waals surface area (Å²) in [5.74, 6) is 5.46. The van der Waals surface area contributed by atoms with Crippen molar-refractivity contribution in [3.8, 4) is 11.8 Å². The Morgan fingerprint density at radius 1 is 1.11 bits per heavy atom. The van der Waals surface area contributed by atoms with Crippen LogP contribution in [-0.4, -0.2) is 24.5 Å². The number of halogens is 1. The van der Waals surface area contributed by atoms with Crippen LogP contribution in [0.1, 0.15) is 36.8 Å². The lowest BCUT2D eigenvalue weighted by atomic mass is 10.1. The van der Waals surface area contributed by atoms with Crippen LogP contribution in [0, 0.1) is 17.7 Å². The van der Waals surface area contributed by atoms with Crippen LogP contribution in [0.4, 0.5) is 4.39 Å². The van der Waals surface area contributed by atoms with E-state index in [1.165, 1.54) is 31.7 Å². The minimum atomic E-state index is -0.214. The van der Waals surface area contributed by atoms with Gasteiger partial charge in [0.15, 0.2) is 0 Å². The second kappa shape index (κ2) is 7.28. The van der Waals surface area contributed by atoms with Crippen molar-refractivity contribution in [2.45, 2.75) is 32.2 Å². The van der Waals surface area contributed by atoms with Crippen molar-refractivity contribution < 1.29 is 4.39 Å². The van der Waals surface area contributed by atoms with Crippen LogP contribution in [0.15, 0.2) is 18.2 Å². The number of nitrogens with zero attached hydrogens (tertiary/aromatic N) is 1. The van der Waals surface area contributed by atoms with Gasteiger partial charge in [-0.15, -0.1) is 0 Å². The number of benzene rings is 1. The van der Waals surface area contributed by atoms with E-state index in [1.54, 1.807) is 6.07 Å². The molecule has 1 aliphatic rings. The molecule has 1 aromatic carbocycles. The molecule has 102 valence electrons. The van der Waals surface area contributed by atoms with E-state index < -0.39 is 0 Å². The highest BCUT2D eigenvalue weighted by molar-refractivity contribution is 5.38. The van der Waals surface area contributed by atoms with Crippen molar-refractivity contribution in [3.63, 3.8) is 0 Å². The Labute approximate surface area is 114 Å². The Kier molecular flexibility index (Phi) is 5.38. The number of hydrogen-bond acceptors (Lipinski definition) is 2. The third-order valence-corrected chi connectivity index (χ3v) is 3.40.